The van der Waals surface area contributed by atoms with Gasteiger partial charge in [0, 0.05) is 25.5 Å². The molecule has 4 nitrogen and oxygen atoms in total. The van der Waals surface area contributed by atoms with Crippen molar-refractivity contribution in [2.24, 2.45) is 5.92 Å². The molecule has 2 aromatic heterocycles. The predicted molar refractivity (Wildman–Crippen MR) is 72.0 cm³/mol. The van der Waals surface area contributed by atoms with Crippen LogP contribution >= 0.6 is 0 Å². The van der Waals surface area contributed by atoms with Crippen LogP contribution in [0.25, 0.3) is 5.82 Å². The second-order valence-electron chi connectivity index (χ2n) is 4.99. The summed E-state index contributed by atoms with van der Waals surface area (Å²) in [6.07, 6.45) is 8.00. The normalized spacial score (nSPS) is 17.1. The van der Waals surface area contributed by atoms with Crippen molar-refractivity contribution in [1.29, 1.82) is 0 Å². The summed E-state index contributed by atoms with van der Waals surface area (Å²) in [7, 11) is 0. The van der Waals surface area contributed by atoms with E-state index in [1.54, 1.807) is 12.5 Å². The van der Waals surface area contributed by atoms with Gasteiger partial charge in [0.2, 0.25) is 0 Å². The minimum Gasteiger partial charge on any atom is -0.357 e. The van der Waals surface area contributed by atoms with Crippen LogP contribution in [-0.4, -0.2) is 27.6 Å². The van der Waals surface area contributed by atoms with Gasteiger partial charge >= 0.3 is 0 Å². The smallest absolute Gasteiger partial charge is 0.140 e. The Hall–Kier alpha value is -1.84. The highest BCUT2D eigenvalue weighted by Crippen LogP contribution is 2.22. The maximum Gasteiger partial charge on any atom is 0.140 e. The third-order valence-corrected chi connectivity index (χ3v) is 3.60. The number of aromatic nitrogens is 3. The molecule has 1 fully saturated rings. The Kier molecular flexibility index (Phi) is 3.00. The van der Waals surface area contributed by atoms with Crippen molar-refractivity contribution in [3.8, 4) is 5.82 Å². The Morgan fingerprint density at radius 1 is 1.17 bits per heavy atom. The average Bonchev–Trinajstić information content (AvgIpc) is 2.94. The molecule has 0 aromatic carbocycles. The van der Waals surface area contributed by atoms with E-state index in [0.29, 0.717) is 0 Å². The van der Waals surface area contributed by atoms with E-state index in [9.17, 15) is 0 Å². The van der Waals surface area contributed by atoms with E-state index in [-0.39, 0.29) is 0 Å². The number of piperidine rings is 1. The molecular weight excluding hydrogens is 224 g/mol. The largest absolute Gasteiger partial charge is 0.357 e. The zero-order valence-electron chi connectivity index (χ0n) is 10.7. The quantitative estimate of drug-likeness (QED) is 0.811. The number of hydrogen-bond donors (Lipinski definition) is 0. The number of rotatable bonds is 2. The van der Waals surface area contributed by atoms with Gasteiger partial charge in [0.1, 0.15) is 18.0 Å². The van der Waals surface area contributed by atoms with Crippen LogP contribution in [0, 0.1) is 5.92 Å². The lowest BCUT2D eigenvalue weighted by atomic mass is 9.99. The zero-order chi connectivity index (χ0) is 12.4. The van der Waals surface area contributed by atoms with Crippen molar-refractivity contribution in [3.05, 3.63) is 36.9 Å². The van der Waals surface area contributed by atoms with Crippen molar-refractivity contribution >= 4 is 5.82 Å². The van der Waals surface area contributed by atoms with Crippen LogP contribution in [0.3, 0.4) is 0 Å². The Balaban J connectivity index is 1.83. The molecule has 94 valence electrons. The highest BCUT2D eigenvalue weighted by Gasteiger charge is 2.17. The van der Waals surface area contributed by atoms with E-state index in [1.807, 2.05) is 16.8 Å². The molecule has 0 aliphatic carbocycles. The van der Waals surface area contributed by atoms with Gasteiger partial charge in [-0.15, -0.1) is 0 Å². The Morgan fingerprint density at radius 2 is 1.94 bits per heavy atom. The highest BCUT2D eigenvalue weighted by atomic mass is 15.2. The molecule has 18 heavy (non-hydrogen) atoms. The highest BCUT2D eigenvalue weighted by molar-refractivity contribution is 5.43. The SMILES string of the molecule is CC1CCN(c2cccc(-n3ccnc3)n2)CC1. The van der Waals surface area contributed by atoms with Gasteiger partial charge in [-0.05, 0) is 30.9 Å². The summed E-state index contributed by atoms with van der Waals surface area (Å²) in [5.41, 5.74) is 0. The Bertz CT molecular complexity index is 498. The molecule has 0 bridgehead atoms. The fourth-order valence-electron chi connectivity index (χ4n) is 2.36. The molecule has 0 radical (unpaired) electrons. The number of hydrogen-bond acceptors (Lipinski definition) is 3. The van der Waals surface area contributed by atoms with Crippen LogP contribution in [0.4, 0.5) is 5.82 Å². The fourth-order valence-corrected chi connectivity index (χ4v) is 2.36. The molecule has 3 heterocycles. The van der Waals surface area contributed by atoms with Gasteiger partial charge < -0.3 is 4.90 Å². The van der Waals surface area contributed by atoms with Crippen molar-refractivity contribution in [2.45, 2.75) is 19.8 Å². The number of nitrogens with zero attached hydrogens (tertiary/aromatic N) is 4. The molecule has 0 N–H and O–H groups in total. The van der Waals surface area contributed by atoms with E-state index >= 15 is 0 Å². The summed E-state index contributed by atoms with van der Waals surface area (Å²) in [6.45, 7) is 4.55. The summed E-state index contributed by atoms with van der Waals surface area (Å²) < 4.78 is 1.94. The van der Waals surface area contributed by atoms with E-state index in [4.69, 9.17) is 4.98 Å². The van der Waals surface area contributed by atoms with E-state index in [0.717, 1.165) is 30.6 Å². The van der Waals surface area contributed by atoms with Crippen molar-refractivity contribution < 1.29 is 0 Å². The van der Waals surface area contributed by atoms with Gasteiger partial charge in [0.15, 0.2) is 0 Å². The number of anilines is 1. The first-order chi connectivity index (χ1) is 8.83. The predicted octanol–water partition coefficient (Wildman–Crippen LogP) is 2.50. The summed E-state index contributed by atoms with van der Waals surface area (Å²) >= 11 is 0. The minimum absolute atomic E-state index is 0.845. The van der Waals surface area contributed by atoms with E-state index < -0.39 is 0 Å². The van der Waals surface area contributed by atoms with Gasteiger partial charge in [0.25, 0.3) is 0 Å². The monoisotopic (exact) mass is 242 g/mol. The summed E-state index contributed by atoms with van der Waals surface area (Å²) in [5.74, 6) is 2.86. The number of pyridine rings is 1. The van der Waals surface area contributed by atoms with Crippen molar-refractivity contribution in [2.75, 3.05) is 18.0 Å². The van der Waals surface area contributed by atoms with Crippen molar-refractivity contribution in [3.63, 3.8) is 0 Å². The molecule has 0 amide bonds. The summed E-state index contributed by atoms with van der Waals surface area (Å²) in [6, 6.07) is 6.17. The Morgan fingerprint density at radius 3 is 2.67 bits per heavy atom. The summed E-state index contributed by atoms with van der Waals surface area (Å²) in [4.78, 5) is 11.1. The van der Waals surface area contributed by atoms with Crippen LogP contribution in [0.1, 0.15) is 19.8 Å². The van der Waals surface area contributed by atoms with Crippen LogP contribution in [0.15, 0.2) is 36.9 Å². The maximum absolute atomic E-state index is 4.71. The molecule has 2 aromatic rings. The lowest BCUT2D eigenvalue weighted by Gasteiger charge is -2.31. The molecule has 1 aliphatic rings. The topological polar surface area (TPSA) is 34.0 Å². The fraction of sp³-hybridized carbons (Fsp3) is 0.429. The molecule has 1 saturated heterocycles. The van der Waals surface area contributed by atoms with Crippen LogP contribution < -0.4 is 4.90 Å². The average molecular weight is 242 g/mol. The second kappa shape index (κ2) is 4.80. The van der Waals surface area contributed by atoms with Gasteiger partial charge in [-0.2, -0.15) is 0 Å². The first kappa shape index (κ1) is 11.3. The molecule has 0 unspecified atom stereocenters. The first-order valence-corrected chi connectivity index (χ1v) is 6.53. The number of imidazole rings is 1. The Labute approximate surface area is 107 Å². The second-order valence-corrected chi connectivity index (χ2v) is 4.99. The third-order valence-electron chi connectivity index (χ3n) is 3.60. The lowest BCUT2D eigenvalue weighted by Crippen LogP contribution is -2.33. The minimum atomic E-state index is 0.845. The van der Waals surface area contributed by atoms with E-state index in [2.05, 4.69) is 28.9 Å². The molecular formula is C14H18N4. The third kappa shape index (κ3) is 2.23. The molecule has 0 saturated carbocycles. The van der Waals surface area contributed by atoms with Crippen molar-refractivity contribution in [1.82, 2.24) is 14.5 Å². The lowest BCUT2D eigenvalue weighted by molar-refractivity contribution is 0.436. The van der Waals surface area contributed by atoms with Crippen LogP contribution in [0.2, 0.25) is 0 Å². The van der Waals surface area contributed by atoms with Gasteiger partial charge in [-0.3, -0.25) is 4.57 Å². The van der Waals surface area contributed by atoms with Crippen LogP contribution in [0.5, 0.6) is 0 Å². The van der Waals surface area contributed by atoms with E-state index in [1.165, 1.54) is 12.8 Å². The van der Waals surface area contributed by atoms with Crippen LogP contribution in [-0.2, 0) is 0 Å². The molecule has 3 rings (SSSR count). The maximum atomic E-state index is 4.71. The molecule has 0 atom stereocenters. The summed E-state index contributed by atoms with van der Waals surface area (Å²) in [5, 5.41) is 0. The first-order valence-electron chi connectivity index (χ1n) is 6.53. The molecule has 0 spiro atoms. The molecule has 4 heteroatoms. The standard InChI is InChI=1S/C14H18N4/c1-12-5-8-17(9-6-12)13-3-2-4-14(16-13)18-10-7-15-11-18/h2-4,7,10-12H,5-6,8-9H2,1H3. The van der Waals surface area contributed by atoms with Gasteiger partial charge in [0.05, 0.1) is 0 Å². The molecule has 1 aliphatic heterocycles. The van der Waals surface area contributed by atoms with Gasteiger partial charge in [-0.25, -0.2) is 9.97 Å². The van der Waals surface area contributed by atoms with Gasteiger partial charge in [-0.1, -0.05) is 13.0 Å². The zero-order valence-corrected chi connectivity index (χ0v) is 10.7.